The molecule has 0 aliphatic carbocycles. The summed E-state index contributed by atoms with van der Waals surface area (Å²) in [4.78, 5) is 12.3. The third kappa shape index (κ3) is 3.65. The Balaban J connectivity index is 2.14. The number of benzene rings is 2. The predicted molar refractivity (Wildman–Crippen MR) is 85.4 cm³/mol. The first-order chi connectivity index (χ1) is 11.9. The van der Waals surface area contributed by atoms with Gasteiger partial charge in [0.1, 0.15) is 17.1 Å². The van der Waals surface area contributed by atoms with Crippen molar-refractivity contribution >= 4 is 11.0 Å². The van der Waals surface area contributed by atoms with Gasteiger partial charge in [-0.15, -0.1) is 13.2 Å². The summed E-state index contributed by atoms with van der Waals surface area (Å²) in [6, 6.07) is 11.5. The standard InChI is InChI=1S/C18H11F3O4/c1-2-23-12-8-7-11-9-14(17(22)24-16(11)10-12)13-5-3-4-6-15(13)25-18(19,20)21/h2-10H,1H2. The van der Waals surface area contributed by atoms with Crippen LogP contribution in [0.1, 0.15) is 0 Å². The molecule has 0 spiro atoms. The number of fused-ring (bicyclic) bond motifs is 1. The Labute approximate surface area is 139 Å². The average molecular weight is 348 g/mol. The Morgan fingerprint density at radius 1 is 1.04 bits per heavy atom. The molecule has 2 aromatic carbocycles. The van der Waals surface area contributed by atoms with Crippen LogP contribution >= 0.6 is 0 Å². The van der Waals surface area contributed by atoms with Crippen LogP contribution in [0.25, 0.3) is 22.1 Å². The lowest BCUT2D eigenvalue weighted by molar-refractivity contribution is -0.274. The fourth-order valence-electron chi connectivity index (χ4n) is 2.35. The van der Waals surface area contributed by atoms with Crippen LogP contribution in [0.15, 0.2) is 70.6 Å². The second-order valence-corrected chi connectivity index (χ2v) is 4.98. The Bertz CT molecular complexity index is 990. The van der Waals surface area contributed by atoms with Gasteiger partial charge in [0.2, 0.25) is 0 Å². The van der Waals surface area contributed by atoms with Gasteiger partial charge in [0.25, 0.3) is 0 Å². The number of para-hydroxylation sites is 1. The molecule has 0 radical (unpaired) electrons. The topological polar surface area (TPSA) is 48.7 Å². The molecule has 1 heterocycles. The zero-order valence-corrected chi connectivity index (χ0v) is 12.7. The molecule has 3 aromatic rings. The van der Waals surface area contributed by atoms with E-state index in [9.17, 15) is 18.0 Å². The third-order valence-corrected chi connectivity index (χ3v) is 3.33. The van der Waals surface area contributed by atoms with E-state index in [1.807, 2.05) is 0 Å². The number of ether oxygens (including phenoxy) is 2. The summed E-state index contributed by atoms with van der Waals surface area (Å²) in [5, 5.41) is 0.521. The van der Waals surface area contributed by atoms with Crippen molar-refractivity contribution in [3.05, 3.63) is 71.8 Å². The highest BCUT2D eigenvalue weighted by Crippen LogP contribution is 2.33. The molecular weight excluding hydrogens is 337 g/mol. The van der Waals surface area contributed by atoms with E-state index in [2.05, 4.69) is 11.3 Å². The van der Waals surface area contributed by atoms with Gasteiger partial charge in [0.15, 0.2) is 0 Å². The SMILES string of the molecule is C=COc1ccc2cc(-c3ccccc3OC(F)(F)F)c(=O)oc2c1. The summed E-state index contributed by atoms with van der Waals surface area (Å²) in [6.45, 7) is 3.43. The monoisotopic (exact) mass is 348 g/mol. The molecule has 0 amide bonds. The minimum absolute atomic E-state index is 0.0121. The highest BCUT2D eigenvalue weighted by Gasteiger charge is 2.32. The summed E-state index contributed by atoms with van der Waals surface area (Å²) in [5.74, 6) is -0.0625. The molecule has 3 rings (SSSR count). The first kappa shape index (κ1) is 16.6. The first-order valence-corrected chi connectivity index (χ1v) is 7.08. The second-order valence-electron chi connectivity index (χ2n) is 4.98. The van der Waals surface area contributed by atoms with Crippen LogP contribution in [0.4, 0.5) is 13.2 Å². The molecule has 0 aliphatic heterocycles. The van der Waals surface area contributed by atoms with Crippen LogP contribution in [0.3, 0.4) is 0 Å². The largest absolute Gasteiger partial charge is 0.573 e. The maximum Gasteiger partial charge on any atom is 0.573 e. The summed E-state index contributed by atoms with van der Waals surface area (Å²) < 4.78 is 52.0. The molecule has 128 valence electrons. The zero-order chi connectivity index (χ0) is 18.0. The quantitative estimate of drug-likeness (QED) is 0.498. The normalized spacial score (nSPS) is 11.3. The lowest BCUT2D eigenvalue weighted by Crippen LogP contribution is -2.18. The lowest BCUT2D eigenvalue weighted by atomic mass is 10.0. The van der Waals surface area contributed by atoms with E-state index < -0.39 is 17.7 Å². The minimum atomic E-state index is -4.87. The maximum absolute atomic E-state index is 12.6. The van der Waals surface area contributed by atoms with Crippen LogP contribution in [-0.4, -0.2) is 6.36 Å². The summed E-state index contributed by atoms with van der Waals surface area (Å²) >= 11 is 0. The molecule has 0 atom stereocenters. The highest BCUT2D eigenvalue weighted by molar-refractivity contribution is 5.84. The van der Waals surface area contributed by atoms with Gasteiger partial charge in [0.05, 0.1) is 11.8 Å². The number of halogens is 3. The molecule has 0 saturated heterocycles. The van der Waals surface area contributed by atoms with Gasteiger partial charge < -0.3 is 13.9 Å². The molecule has 0 bridgehead atoms. The highest BCUT2D eigenvalue weighted by atomic mass is 19.4. The van der Waals surface area contributed by atoms with E-state index in [1.165, 1.54) is 36.6 Å². The van der Waals surface area contributed by atoms with E-state index in [-0.39, 0.29) is 16.7 Å². The molecule has 0 aliphatic rings. The van der Waals surface area contributed by atoms with Crippen molar-refractivity contribution < 1.29 is 27.1 Å². The minimum Gasteiger partial charge on any atom is -0.465 e. The van der Waals surface area contributed by atoms with Gasteiger partial charge in [-0.2, -0.15) is 0 Å². The number of rotatable bonds is 4. The summed E-state index contributed by atoms with van der Waals surface area (Å²) in [6.07, 6.45) is -3.65. The summed E-state index contributed by atoms with van der Waals surface area (Å²) in [5.41, 5.74) is -0.601. The molecule has 1 aromatic heterocycles. The van der Waals surface area contributed by atoms with Crippen molar-refractivity contribution in [3.63, 3.8) is 0 Å². The number of hydrogen-bond acceptors (Lipinski definition) is 4. The Morgan fingerprint density at radius 2 is 1.80 bits per heavy atom. The molecule has 7 heteroatoms. The fraction of sp³-hybridized carbons (Fsp3) is 0.0556. The molecule has 0 saturated carbocycles. The van der Waals surface area contributed by atoms with Gasteiger partial charge in [-0.1, -0.05) is 24.8 Å². The molecule has 25 heavy (non-hydrogen) atoms. The van der Waals surface area contributed by atoms with Gasteiger partial charge in [-0.05, 0) is 24.3 Å². The number of hydrogen-bond donors (Lipinski definition) is 0. The molecular formula is C18H11F3O4. The number of alkyl halides is 3. The van der Waals surface area contributed by atoms with Crippen molar-refractivity contribution in [1.82, 2.24) is 0 Å². The van der Waals surface area contributed by atoms with Crippen molar-refractivity contribution in [2.45, 2.75) is 6.36 Å². The van der Waals surface area contributed by atoms with Gasteiger partial charge in [-0.25, -0.2) is 4.79 Å². The van der Waals surface area contributed by atoms with Crippen LogP contribution in [-0.2, 0) is 0 Å². The lowest BCUT2D eigenvalue weighted by Gasteiger charge is -2.13. The first-order valence-electron chi connectivity index (χ1n) is 7.08. The van der Waals surface area contributed by atoms with E-state index in [4.69, 9.17) is 9.15 Å². The molecule has 0 fully saturated rings. The van der Waals surface area contributed by atoms with Crippen molar-refractivity contribution in [3.8, 4) is 22.6 Å². The van der Waals surface area contributed by atoms with Crippen LogP contribution in [0.5, 0.6) is 11.5 Å². The Kier molecular flexibility index (Phi) is 4.22. The fourth-order valence-corrected chi connectivity index (χ4v) is 2.35. The molecule has 4 nitrogen and oxygen atoms in total. The van der Waals surface area contributed by atoms with Gasteiger partial charge in [-0.3, -0.25) is 0 Å². The van der Waals surface area contributed by atoms with Crippen LogP contribution < -0.4 is 15.1 Å². The third-order valence-electron chi connectivity index (χ3n) is 3.33. The van der Waals surface area contributed by atoms with Crippen LogP contribution in [0.2, 0.25) is 0 Å². The van der Waals surface area contributed by atoms with E-state index in [0.717, 1.165) is 6.07 Å². The zero-order valence-electron chi connectivity index (χ0n) is 12.7. The Morgan fingerprint density at radius 3 is 2.52 bits per heavy atom. The smallest absolute Gasteiger partial charge is 0.465 e. The predicted octanol–water partition coefficient (Wildman–Crippen LogP) is 4.88. The molecule has 0 unspecified atom stereocenters. The van der Waals surface area contributed by atoms with E-state index >= 15 is 0 Å². The summed E-state index contributed by atoms with van der Waals surface area (Å²) in [7, 11) is 0. The average Bonchev–Trinajstić information content (AvgIpc) is 2.54. The van der Waals surface area contributed by atoms with Gasteiger partial charge >= 0.3 is 12.0 Å². The second kappa shape index (κ2) is 6.35. The molecule has 0 N–H and O–H groups in total. The van der Waals surface area contributed by atoms with Gasteiger partial charge in [0, 0.05) is 17.0 Å². The van der Waals surface area contributed by atoms with Crippen molar-refractivity contribution in [2.75, 3.05) is 0 Å². The van der Waals surface area contributed by atoms with Crippen molar-refractivity contribution in [2.24, 2.45) is 0 Å². The Hall–Kier alpha value is -3.22. The maximum atomic E-state index is 12.6. The van der Waals surface area contributed by atoms with Crippen molar-refractivity contribution in [1.29, 1.82) is 0 Å². The van der Waals surface area contributed by atoms with Crippen LogP contribution in [0, 0.1) is 0 Å². The van der Waals surface area contributed by atoms with E-state index in [0.29, 0.717) is 11.1 Å². The van der Waals surface area contributed by atoms with E-state index in [1.54, 1.807) is 12.1 Å².